The molecule has 170 valence electrons. The van der Waals surface area contributed by atoms with E-state index in [0.717, 1.165) is 23.9 Å². The van der Waals surface area contributed by atoms with Gasteiger partial charge in [0.25, 0.3) is 5.91 Å². The highest BCUT2D eigenvalue weighted by Gasteiger charge is 2.44. The predicted octanol–water partition coefficient (Wildman–Crippen LogP) is 3.62. The Labute approximate surface area is 191 Å². The quantitative estimate of drug-likeness (QED) is 0.503. The van der Waals surface area contributed by atoms with Crippen LogP contribution in [0.15, 0.2) is 42.7 Å². The summed E-state index contributed by atoms with van der Waals surface area (Å²) in [5.41, 5.74) is 3.02. The summed E-state index contributed by atoms with van der Waals surface area (Å²) >= 11 is 0. The highest BCUT2D eigenvalue weighted by molar-refractivity contribution is 5.98. The average molecular weight is 447 g/mol. The maximum atomic E-state index is 13.9. The summed E-state index contributed by atoms with van der Waals surface area (Å²) in [7, 11) is 3.24. The molecule has 33 heavy (non-hydrogen) atoms. The number of benzene rings is 2. The molecule has 1 atom stereocenters. The SMILES string of the molecule is COc1ccc(OC)c2[nH]c([C@]3(C)CCCN3C(=O)c3cc(C)ccc3-n3nccn3)nc12. The first-order valence-corrected chi connectivity index (χ1v) is 10.9. The maximum absolute atomic E-state index is 13.9. The van der Waals surface area contributed by atoms with Crippen molar-refractivity contribution in [3.05, 3.63) is 59.7 Å². The van der Waals surface area contributed by atoms with E-state index >= 15 is 0 Å². The van der Waals surface area contributed by atoms with Crippen molar-refractivity contribution < 1.29 is 14.3 Å². The minimum atomic E-state index is -0.620. The van der Waals surface area contributed by atoms with E-state index in [0.29, 0.717) is 40.6 Å². The number of amides is 1. The monoisotopic (exact) mass is 446 g/mol. The molecule has 0 aliphatic carbocycles. The molecule has 1 fully saturated rings. The average Bonchev–Trinajstić information content (AvgIpc) is 3.58. The Balaban J connectivity index is 1.60. The topological polar surface area (TPSA) is 98.2 Å². The first-order valence-electron chi connectivity index (χ1n) is 10.9. The van der Waals surface area contributed by atoms with E-state index in [1.165, 1.54) is 4.80 Å². The molecule has 9 heteroatoms. The summed E-state index contributed by atoms with van der Waals surface area (Å²) in [5.74, 6) is 1.95. The van der Waals surface area contributed by atoms with Gasteiger partial charge in [-0.3, -0.25) is 4.79 Å². The van der Waals surface area contributed by atoms with Crippen LogP contribution in [0.3, 0.4) is 0 Å². The second kappa shape index (κ2) is 7.91. The molecular formula is C24H26N6O3. The van der Waals surface area contributed by atoms with Gasteiger partial charge in [0.1, 0.15) is 28.4 Å². The van der Waals surface area contributed by atoms with Crippen LogP contribution in [0, 0.1) is 6.92 Å². The van der Waals surface area contributed by atoms with Crippen LogP contribution in [0.4, 0.5) is 0 Å². The third kappa shape index (κ3) is 3.31. The number of likely N-dealkylation sites (tertiary alicyclic amines) is 1. The molecule has 1 N–H and O–H groups in total. The van der Waals surface area contributed by atoms with Crippen molar-refractivity contribution in [3.63, 3.8) is 0 Å². The van der Waals surface area contributed by atoms with Crippen molar-refractivity contribution >= 4 is 16.9 Å². The van der Waals surface area contributed by atoms with Crippen molar-refractivity contribution in [1.29, 1.82) is 0 Å². The number of methoxy groups -OCH3 is 2. The lowest BCUT2D eigenvalue weighted by Gasteiger charge is -2.34. The first kappa shape index (κ1) is 21.0. The predicted molar refractivity (Wildman–Crippen MR) is 123 cm³/mol. The van der Waals surface area contributed by atoms with Gasteiger partial charge in [-0.25, -0.2) is 4.98 Å². The Bertz CT molecular complexity index is 1290. The number of aromatic nitrogens is 5. The van der Waals surface area contributed by atoms with Gasteiger partial charge in [0.2, 0.25) is 0 Å². The molecule has 1 amide bonds. The molecule has 1 saturated heterocycles. The van der Waals surface area contributed by atoms with E-state index in [1.807, 2.05) is 42.2 Å². The number of ether oxygens (including phenoxy) is 2. The van der Waals surface area contributed by atoms with Gasteiger partial charge in [0, 0.05) is 6.54 Å². The summed E-state index contributed by atoms with van der Waals surface area (Å²) in [6, 6.07) is 9.41. The number of nitrogens with zero attached hydrogens (tertiary/aromatic N) is 5. The molecule has 9 nitrogen and oxygen atoms in total. The molecular weight excluding hydrogens is 420 g/mol. The maximum Gasteiger partial charge on any atom is 0.256 e. The van der Waals surface area contributed by atoms with Gasteiger partial charge >= 0.3 is 0 Å². The number of aromatic amines is 1. The molecule has 1 aliphatic rings. The number of nitrogens with one attached hydrogen (secondary N) is 1. The minimum Gasteiger partial charge on any atom is -0.494 e. The lowest BCUT2D eigenvalue weighted by molar-refractivity contribution is 0.0605. The zero-order valence-electron chi connectivity index (χ0n) is 19.1. The molecule has 5 rings (SSSR count). The van der Waals surface area contributed by atoms with Crippen molar-refractivity contribution in [2.24, 2.45) is 0 Å². The van der Waals surface area contributed by atoms with Crippen LogP contribution < -0.4 is 9.47 Å². The summed E-state index contributed by atoms with van der Waals surface area (Å²) in [4.78, 5) is 25.6. The molecule has 0 unspecified atom stereocenters. The smallest absolute Gasteiger partial charge is 0.256 e. The number of H-pyrrole nitrogens is 1. The molecule has 0 bridgehead atoms. The largest absolute Gasteiger partial charge is 0.494 e. The van der Waals surface area contributed by atoms with Crippen LogP contribution in [0.1, 0.15) is 41.5 Å². The number of fused-ring (bicyclic) bond motifs is 1. The fourth-order valence-corrected chi connectivity index (χ4v) is 4.65. The van der Waals surface area contributed by atoms with Crippen molar-refractivity contribution in [2.75, 3.05) is 20.8 Å². The molecule has 0 spiro atoms. The number of rotatable bonds is 5. The zero-order valence-corrected chi connectivity index (χ0v) is 19.1. The standard InChI is InChI=1S/C24H26N6O3/c1-15-6-7-17(30-25-11-12-26-30)16(14-15)22(31)29-13-5-10-24(29,2)23-27-20-18(32-3)8-9-19(33-4)21(20)28-23/h6-9,11-12,14H,5,10,13H2,1-4H3,(H,27,28)/t24-/m0/s1. The summed E-state index contributed by atoms with van der Waals surface area (Å²) < 4.78 is 11.0. The summed E-state index contributed by atoms with van der Waals surface area (Å²) in [6.07, 6.45) is 4.85. The molecule has 2 aromatic carbocycles. The molecule has 0 saturated carbocycles. The zero-order chi connectivity index (χ0) is 23.2. The number of aryl methyl sites for hydroxylation is 1. The van der Waals surface area contributed by atoms with Gasteiger partial charge in [0.15, 0.2) is 0 Å². The number of hydrogen-bond acceptors (Lipinski definition) is 6. The van der Waals surface area contributed by atoms with Gasteiger partial charge < -0.3 is 19.4 Å². The van der Waals surface area contributed by atoms with Gasteiger partial charge in [-0.1, -0.05) is 11.6 Å². The fourth-order valence-electron chi connectivity index (χ4n) is 4.65. The molecule has 2 aromatic heterocycles. The third-order valence-corrected chi connectivity index (χ3v) is 6.42. The van der Waals surface area contributed by atoms with Crippen LogP contribution >= 0.6 is 0 Å². The first-order chi connectivity index (χ1) is 16.0. The van der Waals surface area contributed by atoms with Gasteiger partial charge in [-0.05, 0) is 51.0 Å². The van der Waals surface area contributed by atoms with Crippen molar-refractivity contribution in [2.45, 2.75) is 32.2 Å². The van der Waals surface area contributed by atoms with Crippen molar-refractivity contribution in [1.82, 2.24) is 29.9 Å². The Morgan fingerprint density at radius 2 is 1.82 bits per heavy atom. The lowest BCUT2D eigenvalue weighted by atomic mass is 9.96. The third-order valence-electron chi connectivity index (χ3n) is 6.42. The second-order valence-corrected chi connectivity index (χ2v) is 8.45. The number of carbonyl (C=O) groups excluding carboxylic acids is 1. The van der Waals surface area contributed by atoms with E-state index in [9.17, 15) is 4.79 Å². The number of hydrogen-bond donors (Lipinski definition) is 1. The van der Waals surface area contributed by atoms with Crippen LogP contribution in [-0.2, 0) is 5.54 Å². The highest BCUT2D eigenvalue weighted by atomic mass is 16.5. The summed E-state index contributed by atoms with van der Waals surface area (Å²) in [6.45, 7) is 4.65. The Morgan fingerprint density at radius 3 is 2.55 bits per heavy atom. The van der Waals surface area contributed by atoms with Gasteiger partial charge in [-0.2, -0.15) is 15.0 Å². The lowest BCUT2D eigenvalue weighted by Crippen LogP contribution is -2.44. The minimum absolute atomic E-state index is 0.0783. The Hall–Kier alpha value is -3.88. The number of imidazole rings is 1. The van der Waals surface area contributed by atoms with Crippen LogP contribution in [0.2, 0.25) is 0 Å². The van der Waals surface area contributed by atoms with Gasteiger partial charge in [-0.15, -0.1) is 0 Å². The van der Waals surface area contributed by atoms with Crippen molar-refractivity contribution in [3.8, 4) is 17.2 Å². The Morgan fingerprint density at radius 1 is 1.09 bits per heavy atom. The van der Waals surface area contributed by atoms with E-state index in [4.69, 9.17) is 14.5 Å². The van der Waals surface area contributed by atoms with Crippen LogP contribution in [-0.4, -0.2) is 56.5 Å². The molecule has 0 radical (unpaired) electrons. The van der Waals surface area contributed by atoms with Crippen LogP contribution in [0.25, 0.3) is 16.7 Å². The second-order valence-electron chi connectivity index (χ2n) is 8.45. The van der Waals surface area contributed by atoms with E-state index in [1.54, 1.807) is 26.6 Å². The summed E-state index contributed by atoms with van der Waals surface area (Å²) in [5, 5.41) is 8.47. The highest BCUT2D eigenvalue weighted by Crippen LogP contribution is 2.41. The van der Waals surface area contributed by atoms with Crippen LogP contribution in [0.5, 0.6) is 11.5 Å². The number of carbonyl (C=O) groups is 1. The molecule has 1 aliphatic heterocycles. The normalized spacial score (nSPS) is 18.1. The molecule has 3 heterocycles. The Kier molecular flexibility index (Phi) is 5.03. The fraction of sp³-hybridized carbons (Fsp3) is 0.333. The van der Waals surface area contributed by atoms with E-state index < -0.39 is 5.54 Å². The molecule has 4 aromatic rings. The van der Waals surface area contributed by atoms with Gasteiger partial charge in [0.05, 0.1) is 43.4 Å². The van der Waals surface area contributed by atoms with E-state index in [2.05, 4.69) is 22.1 Å². The van der Waals surface area contributed by atoms with E-state index in [-0.39, 0.29) is 5.91 Å².